The van der Waals surface area contributed by atoms with E-state index >= 15 is 0 Å². The highest BCUT2D eigenvalue weighted by Crippen LogP contribution is 2.17. The van der Waals surface area contributed by atoms with Gasteiger partial charge in [-0.1, -0.05) is 39.5 Å². The molecule has 0 aromatic rings. The second-order valence-electron chi connectivity index (χ2n) is 6.36. The van der Waals surface area contributed by atoms with Crippen molar-refractivity contribution in [3.05, 3.63) is 0 Å². The van der Waals surface area contributed by atoms with Crippen molar-refractivity contribution < 1.29 is 9.53 Å². The molecule has 1 heterocycles. The topological polar surface area (TPSA) is 64.4 Å². The molecule has 1 unspecified atom stereocenters. The number of amides is 1. The van der Waals surface area contributed by atoms with Gasteiger partial charge >= 0.3 is 0 Å². The summed E-state index contributed by atoms with van der Waals surface area (Å²) in [5.41, 5.74) is 6.02. The van der Waals surface area contributed by atoms with Crippen molar-refractivity contribution in [3.8, 4) is 0 Å². The number of rotatable bonds is 9. The molecule has 1 aliphatic rings. The maximum atomic E-state index is 11.9. The van der Waals surface area contributed by atoms with Crippen LogP contribution in [0, 0.1) is 11.8 Å². The van der Waals surface area contributed by atoms with Gasteiger partial charge in [0.1, 0.15) is 0 Å². The largest absolute Gasteiger partial charge is 0.381 e. The molecule has 0 spiro atoms. The third-order valence-corrected chi connectivity index (χ3v) is 4.08. The summed E-state index contributed by atoms with van der Waals surface area (Å²) in [5.74, 6) is 1.10. The van der Waals surface area contributed by atoms with Gasteiger partial charge in [0.2, 0.25) is 5.91 Å². The Morgan fingerprint density at radius 3 is 2.43 bits per heavy atom. The SMILES string of the molecule is CC(C)CCCCCCNC(=O)C(N)C1CCOCC1.Cl. The number of hydrogen-bond donors (Lipinski definition) is 2. The van der Waals surface area contributed by atoms with Crippen LogP contribution in [0.4, 0.5) is 0 Å². The van der Waals surface area contributed by atoms with E-state index in [1.165, 1.54) is 25.7 Å². The van der Waals surface area contributed by atoms with Crippen molar-refractivity contribution in [2.45, 2.75) is 64.8 Å². The van der Waals surface area contributed by atoms with Gasteiger partial charge in [-0.2, -0.15) is 0 Å². The number of nitrogens with one attached hydrogen (secondary N) is 1. The number of carbonyl (C=O) groups excluding carboxylic acids is 1. The van der Waals surface area contributed by atoms with Crippen LogP contribution in [0.15, 0.2) is 0 Å². The number of unbranched alkanes of at least 4 members (excludes halogenated alkanes) is 3. The Bertz CT molecular complexity index is 269. The van der Waals surface area contributed by atoms with Crippen LogP contribution in [0.3, 0.4) is 0 Å². The summed E-state index contributed by atoms with van der Waals surface area (Å²) >= 11 is 0. The average molecular weight is 321 g/mol. The summed E-state index contributed by atoms with van der Waals surface area (Å²) in [5, 5.41) is 2.97. The quantitative estimate of drug-likeness (QED) is 0.642. The molecule has 4 nitrogen and oxygen atoms in total. The van der Waals surface area contributed by atoms with Gasteiger partial charge in [-0.3, -0.25) is 4.79 Å². The zero-order valence-corrected chi connectivity index (χ0v) is 14.4. The molecule has 1 saturated heterocycles. The molecule has 1 amide bonds. The zero-order valence-electron chi connectivity index (χ0n) is 13.6. The Morgan fingerprint density at radius 1 is 1.19 bits per heavy atom. The van der Waals surface area contributed by atoms with Crippen LogP contribution in [0.1, 0.15) is 58.8 Å². The van der Waals surface area contributed by atoms with Gasteiger partial charge in [0.05, 0.1) is 6.04 Å². The zero-order chi connectivity index (χ0) is 14.8. The van der Waals surface area contributed by atoms with E-state index in [4.69, 9.17) is 10.5 Å². The van der Waals surface area contributed by atoms with Crippen LogP contribution in [0.5, 0.6) is 0 Å². The molecule has 0 radical (unpaired) electrons. The summed E-state index contributed by atoms with van der Waals surface area (Å²) < 4.78 is 5.30. The Labute approximate surface area is 136 Å². The first-order valence-electron chi connectivity index (χ1n) is 8.22. The second kappa shape index (κ2) is 12.2. The Balaban J connectivity index is 0.00000400. The maximum absolute atomic E-state index is 11.9. The lowest BCUT2D eigenvalue weighted by molar-refractivity contribution is -0.124. The fraction of sp³-hybridized carbons (Fsp3) is 0.938. The van der Waals surface area contributed by atoms with E-state index in [9.17, 15) is 4.79 Å². The standard InChI is InChI=1S/C16H32N2O2.ClH/c1-13(2)7-5-3-4-6-10-18-16(19)15(17)14-8-11-20-12-9-14;/h13-15H,3-12,17H2,1-2H3,(H,18,19);1H. The molecule has 0 aliphatic carbocycles. The molecule has 3 N–H and O–H groups in total. The predicted molar refractivity (Wildman–Crippen MR) is 89.7 cm³/mol. The molecule has 0 bridgehead atoms. The highest BCUT2D eigenvalue weighted by Gasteiger charge is 2.26. The van der Waals surface area contributed by atoms with E-state index in [-0.39, 0.29) is 30.3 Å². The van der Waals surface area contributed by atoms with Crippen molar-refractivity contribution in [2.24, 2.45) is 17.6 Å². The van der Waals surface area contributed by atoms with Crippen molar-refractivity contribution >= 4 is 18.3 Å². The fourth-order valence-corrected chi connectivity index (χ4v) is 2.65. The van der Waals surface area contributed by atoms with Crippen LogP contribution in [-0.2, 0) is 9.53 Å². The summed E-state index contributed by atoms with van der Waals surface area (Å²) in [6.45, 7) is 6.76. The minimum atomic E-state index is -0.361. The predicted octanol–water partition coefficient (Wildman–Crippen LogP) is 2.88. The van der Waals surface area contributed by atoms with Gasteiger partial charge in [-0.05, 0) is 31.1 Å². The van der Waals surface area contributed by atoms with Gasteiger partial charge in [-0.25, -0.2) is 0 Å². The second-order valence-corrected chi connectivity index (χ2v) is 6.36. The molecule has 21 heavy (non-hydrogen) atoms. The first kappa shape index (κ1) is 20.7. The molecule has 0 aromatic heterocycles. The van der Waals surface area contributed by atoms with Crippen molar-refractivity contribution in [1.29, 1.82) is 0 Å². The average Bonchev–Trinajstić information content (AvgIpc) is 2.45. The molecule has 1 atom stereocenters. The first-order valence-corrected chi connectivity index (χ1v) is 8.22. The van der Waals surface area contributed by atoms with E-state index in [1.807, 2.05) is 0 Å². The van der Waals surface area contributed by atoms with E-state index < -0.39 is 0 Å². The van der Waals surface area contributed by atoms with Crippen LogP contribution in [-0.4, -0.2) is 31.7 Å². The lowest BCUT2D eigenvalue weighted by Crippen LogP contribution is -2.47. The molecule has 1 rings (SSSR count). The van der Waals surface area contributed by atoms with Crippen LogP contribution in [0.2, 0.25) is 0 Å². The van der Waals surface area contributed by atoms with Crippen LogP contribution < -0.4 is 11.1 Å². The molecular formula is C16H33ClN2O2. The number of halogens is 1. The molecule has 5 heteroatoms. The molecule has 0 aromatic carbocycles. The third kappa shape index (κ3) is 9.33. The fourth-order valence-electron chi connectivity index (χ4n) is 2.65. The number of hydrogen-bond acceptors (Lipinski definition) is 3. The molecule has 0 saturated carbocycles. The van der Waals surface area contributed by atoms with E-state index in [1.54, 1.807) is 0 Å². The minimum Gasteiger partial charge on any atom is -0.381 e. The maximum Gasteiger partial charge on any atom is 0.237 e. The highest BCUT2D eigenvalue weighted by atomic mass is 35.5. The monoisotopic (exact) mass is 320 g/mol. The van der Waals surface area contributed by atoms with E-state index in [0.29, 0.717) is 0 Å². The highest BCUT2D eigenvalue weighted by molar-refractivity contribution is 5.85. The molecule has 1 aliphatic heterocycles. The Kier molecular flexibility index (Phi) is 12.1. The lowest BCUT2D eigenvalue weighted by atomic mass is 9.92. The van der Waals surface area contributed by atoms with Crippen LogP contribution >= 0.6 is 12.4 Å². The minimum absolute atomic E-state index is 0. The molecular weight excluding hydrogens is 288 g/mol. The van der Waals surface area contributed by atoms with Crippen LogP contribution in [0.25, 0.3) is 0 Å². The summed E-state index contributed by atoms with van der Waals surface area (Å²) in [6.07, 6.45) is 7.94. The lowest BCUT2D eigenvalue weighted by Gasteiger charge is -2.26. The normalized spacial score (nSPS) is 17.3. The smallest absolute Gasteiger partial charge is 0.237 e. The van der Waals surface area contributed by atoms with E-state index in [2.05, 4.69) is 19.2 Å². The summed E-state index contributed by atoms with van der Waals surface area (Å²) in [6, 6.07) is -0.361. The molecule has 1 fully saturated rings. The van der Waals surface area contributed by atoms with E-state index in [0.717, 1.165) is 44.9 Å². The van der Waals surface area contributed by atoms with Gasteiger partial charge in [0.25, 0.3) is 0 Å². The van der Waals surface area contributed by atoms with Gasteiger partial charge < -0.3 is 15.8 Å². The van der Waals surface area contributed by atoms with Gasteiger partial charge in [-0.15, -0.1) is 12.4 Å². The van der Waals surface area contributed by atoms with Crippen molar-refractivity contribution in [3.63, 3.8) is 0 Å². The Morgan fingerprint density at radius 2 is 1.81 bits per heavy atom. The summed E-state index contributed by atoms with van der Waals surface area (Å²) in [7, 11) is 0. The van der Waals surface area contributed by atoms with Gasteiger partial charge in [0.15, 0.2) is 0 Å². The van der Waals surface area contributed by atoms with Crippen molar-refractivity contribution in [2.75, 3.05) is 19.8 Å². The third-order valence-electron chi connectivity index (χ3n) is 4.08. The number of ether oxygens (including phenoxy) is 1. The molecule has 126 valence electrons. The van der Waals surface area contributed by atoms with Gasteiger partial charge in [0, 0.05) is 19.8 Å². The number of carbonyl (C=O) groups is 1. The summed E-state index contributed by atoms with van der Waals surface area (Å²) in [4.78, 5) is 11.9. The number of nitrogens with two attached hydrogens (primary N) is 1. The first-order chi connectivity index (χ1) is 9.61. The van der Waals surface area contributed by atoms with Crippen molar-refractivity contribution in [1.82, 2.24) is 5.32 Å². The Hall–Kier alpha value is -0.320.